The molecule has 38 heavy (non-hydrogen) atoms. The maximum Gasteiger partial charge on any atom is 0.441 e. The molecule has 2 aromatic rings. The summed E-state index contributed by atoms with van der Waals surface area (Å²) in [6, 6.07) is 1.58. The van der Waals surface area contributed by atoms with Crippen molar-refractivity contribution in [1.82, 2.24) is 20.1 Å². The first-order valence-electron chi connectivity index (χ1n) is 12.0. The van der Waals surface area contributed by atoms with Gasteiger partial charge < -0.3 is 15.4 Å². The van der Waals surface area contributed by atoms with E-state index in [1.807, 2.05) is 6.92 Å². The lowest BCUT2D eigenvalue weighted by atomic mass is 9.83. The van der Waals surface area contributed by atoms with Crippen LogP contribution in [0.15, 0.2) is 12.3 Å². The van der Waals surface area contributed by atoms with E-state index in [9.17, 15) is 18.0 Å². The highest BCUT2D eigenvalue weighted by molar-refractivity contribution is 8.00. The maximum atomic E-state index is 12.9. The van der Waals surface area contributed by atoms with Gasteiger partial charge in [-0.2, -0.15) is 26.7 Å². The number of nitrogens with one attached hydrogen (secondary N) is 2. The summed E-state index contributed by atoms with van der Waals surface area (Å²) in [5.41, 5.74) is -3.11. The van der Waals surface area contributed by atoms with Crippen LogP contribution in [-0.2, 0) is 18.1 Å². The van der Waals surface area contributed by atoms with E-state index in [0.717, 1.165) is 18.8 Å². The van der Waals surface area contributed by atoms with E-state index < -0.39 is 17.1 Å². The van der Waals surface area contributed by atoms with Gasteiger partial charge in [-0.3, -0.25) is 9.48 Å². The zero-order chi connectivity index (χ0) is 28.3. The number of carbonyl (C=O) groups excluding carboxylic acids is 1. The second kappa shape index (κ2) is 15.3. The van der Waals surface area contributed by atoms with Gasteiger partial charge >= 0.3 is 17.1 Å². The molecule has 2 N–H and O–H groups in total. The Bertz CT molecular complexity index is 1110. The standard InChI is InChI=1S/C23H31ClF3N5O2S.O2S/c1-4-32-21(16-13-29-18(11-17(16)34-3)28-9-10-35-23(25,26)27)19(24)20(31-32)22(33)30-12-15-7-5-14(2)6-8-15;1-3-2/h11,13-15H,4-10,12H2,1-3H3,(H,28,29)(H,30,33);. The number of carbonyl (C=O) groups is 1. The van der Waals surface area contributed by atoms with E-state index in [2.05, 4.69) is 27.6 Å². The average Bonchev–Trinajstić information content (AvgIpc) is 3.22. The number of thioether (sulfide) groups is 1. The van der Waals surface area contributed by atoms with Crippen molar-refractivity contribution >= 4 is 46.7 Å². The molecule has 0 bridgehead atoms. The van der Waals surface area contributed by atoms with Crippen LogP contribution in [0.5, 0.6) is 5.75 Å². The number of aryl methyl sites for hydroxylation is 1. The second-order valence-electron chi connectivity index (χ2n) is 8.72. The first-order chi connectivity index (χ1) is 18.0. The number of alkyl halides is 3. The predicted octanol–water partition coefficient (Wildman–Crippen LogP) is 5.18. The summed E-state index contributed by atoms with van der Waals surface area (Å²) in [5.74, 6) is 1.50. The minimum atomic E-state index is -4.27. The molecule has 9 nitrogen and oxygen atoms in total. The highest BCUT2D eigenvalue weighted by Gasteiger charge is 2.28. The number of methoxy groups -OCH3 is 1. The fourth-order valence-electron chi connectivity index (χ4n) is 4.15. The summed E-state index contributed by atoms with van der Waals surface area (Å²) < 4.78 is 60.6. The lowest BCUT2D eigenvalue weighted by Crippen LogP contribution is -2.31. The second-order valence-corrected chi connectivity index (χ2v) is 10.4. The number of amides is 1. The highest BCUT2D eigenvalue weighted by Crippen LogP contribution is 2.37. The smallest absolute Gasteiger partial charge is 0.441 e. The van der Waals surface area contributed by atoms with E-state index >= 15 is 0 Å². The molecule has 0 unspecified atom stereocenters. The molecule has 0 spiro atoms. The molecule has 1 fully saturated rings. The van der Waals surface area contributed by atoms with Gasteiger partial charge in [0.15, 0.2) is 5.69 Å². The van der Waals surface area contributed by atoms with Crippen molar-refractivity contribution in [2.45, 2.75) is 51.6 Å². The summed E-state index contributed by atoms with van der Waals surface area (Å²) in [6.45, 7) is 5.27. The van der Waals surface area contributed by atoms with Crippen LogP contribution in [0.25, 0.3) is 11.3 Å². The molecule has 15 heteroatoms. The van der Waals surface area contributed by atoms with Crippen LogP contribution in [0.3, 0.4) is 0 Å². The minimum Gasteiger partial charge on any atom is -0.496 e. The van der Waals surface area contributed by atoms with Crippen molar-refractivity contribution in [3.63, 3.8) is 0 Å². The number of halogens is 4. The van der Waals surface area contributed by atoms with Gasteiger partial charge in [0.1, 0.15) is 11.6 Å². The number of hydrogen-bond acceptors (Lipinski definition) is 8. The van der Waals surface area contributed by atoms with Gasteiger partial charge in [-0.15, -0.1) is 0 Å². The van der Waals surface area contributed by atoms with Crippen molar-refractivity contribution in [1.29, 1.82) is 0 Å². The van der Waals surface area contributed by atoms with Gasteiger partial charge in [0.25, 0.3) is 5.91 Å². The average molecular weight is 598 g/mol. The molecule has 3 rings (SSSR count). The largest absolute Gasteiger partial charge is 0.496 e. The van der Waals surface area contributed by atoms with Gasteiger partial charge in [-0.25, -0.2) is 4.98 Å². The van der Waals surface area contributed by atoms with Crippen LogP contribution in [-0.4, -0.2) is 60.5 Å². The number of hydrogen-bond donors (Lipinski definition) is 2. The summed E-state index contributed by atoms with van der Waals surface area (Å²) in [7, 11) is 1.47. The molecule has 1 amide bonds. The lowest BCUT2D eigenvalue weighted by molar-refractivity contribution is -0.0327. The van der Waals surface area contributed by atoms with Crippen molar-refractivity contribution in [2.24, 2.45) is 11.8 Å². The Labute approximate surface area is 232 Å². The van der Waals surface area contributed by atoms with E-state index in [0.29, 0.717) is 41.8 Å². The first kappa shape index (κ1) is 31.9. The van der Waals surface area contributed by atoms with Gasteiger partial charge in [-0.1, -0.05) is 31.4 Å². The normalized spacial score (nSPS) is 17.2. The number of aromatic nitrogens is 3. The molecule has 1 aliphatic carbocycles. The SMILES string of the molecule is CCn1nc(C(=O)NCC2CCC(C)CC2)c(Cl)c1-c1cnc(NCCSC(F)(F)F)cc1OC.O=S=O. The molecule has 2 heterocycles. The molecular weight excluding hydrogens is 567 g/mol. The zero-order valence-corrected chi connectivity index (χ0v) is 23.7. The monoisotopic (exact) mass is 597 g/mol. The van der Waals surface area contributed by atoms with E-state index in [1.54, 1.807) is 10.7 Å². The van der Waals surface area contributed by atoms with Crippen molar-refractivity contribution < 1.29 is 31.1 Å². The molecule has 2 aromatic heterocycles. The Morgan fingerprint density at radius 2 is 1.92 bits per heavy atom. The Kier molecular flexibility index (Phi) is 12.9. The van der Waals surface area contributed by atoms with Crippen LogP contribution >= 0.6 is 23.4 Å². The maximum absolute atomic E-state index is 12.9. The summed E-state index contributed by atoms with van der Waals surface area (Å²) in [4.78, 5) is 17.2. The van der Waals surface area contributed by atoms with Gasteiger partial charge in [-0.05, 0) is 43.4 Å². The third-order valence-corrected chi connectivity index (χ3v) is 7.20. The Balaban J connectivity index is 0.00000161. The quantitative estimate of drug-likeness (QED) is 0.360. The molecular formula is C23H31ClF3N5O4S2. The van der Waals surface area contributed by atoms with Crippen LogP contribution in [0, 0.1) is 11.8 Å². The Morgan fingerprint density at radius 3 is 2.50 bits per heavy atom. The van der Waals surface area contributed by atoms with Crippen molar-refractivity contribution in [2.75, 3.05) is 31.3 Å². The lowest BCUT2D eigenvalue weighted by Gasteiger charge is -2.26. The van der Waals surface area contributed by atoms with Crippen LogP contribution in [0.2, 0.25) is 5.02 Å². The zero-order valence-electron chi connectivity index (χ0n) is 21.3. The van der Waals surface area contributed by atoms with Crippen LogP contribution in [0.4, 0.5) is 19.0 Å². The fourth-order valence-corrected chi connectivity index (χ4v) is 4.91. The number of ether oxygens (including phenoxy) is 1. The number of anilines is 1. The van der Waals surface area contributed by atoms with E-state index in [4.69, 9.17) is 24.8 Å². The third kappa shape index (κ3) is 9.45. The summed E-state index contributed by atoms with van der Waals surface area (Å²) in [6.07, 6.45) is 6.06. The third-order valence-electron chi connectivity index (χ3n) is 6.11. The van der Waals surface area contributed by atoms with Crippen LogP contribution in [0.1, 0.15) is 50.0 Å². The number of rotatable bonds is 10. The number of nitrogens with zero attached hydrogens (tertiary/aromatic N) is 3. The Hall–Kier alpha value is -2.32. The molecule has 212 valence electrons. The first-order valence-corrected chi connectivity index (χ1v) is 14.0. The fraction of sp³-hybridized carbons (Fsp3) is 0.609. The van der Waals surface area contributed by atoms with E-state index in [1.165, 1.54) is 26.1 Å². The van der Waals surface area contributed by atoms with Gasteiger partial charge in [0.05, 0.1) is 23.4 Å². The van der Waals surface area contributed by atoms with Gasteiger partial charge in [0.2, 0.25) is 0 Å². The minimum absolute atomic E-state index is 0.0809. The topological polar surface area (TPSA) is 115 Å². The number of pyridine rings is 1. The predicted molar refractivity (Wildman–Crippen MR) is 142 cm³/mol. The molecule has 1 aliphatic rings. The molecule has 0 radical (unpaired) electrons. The van der Waals surface area contributed by atoms with Crippen molar-refractivity contribution in [3.05, 3.63) is 23.0 Å². The molecule has 0 aromatic carbocycles. The highest BCUT2D eigenvalue weighted by atomic mass is 35.5. The Morgan fingerprint density at radius 1 is 1.26 bits per heavy atom. The molecule has 0 saturated heterocycles. The van der Waals surface area contributed by atoms with Crippen molar-refractivity contribution in [3.8, 4) is 17.0 Å². The van der Waals surface area contributed by atoms with E-state index in [-0.39, 0.29) is 40.7 Å². The molecule has 1 saturated carbocycles. The van der Waals surface area contributed by atoms with Crippen LogP contribution < -0.4 is 15.4 Å². The summed E-state index contributed by atoms with van der Waals surface area (Å²) in [5, 5.41) is 10.5. The summed E-state index contributed by atoms with van der Waals surface area (Å²) >= 11 is 5.79. The molecule has 0 aliphatic heterocycles. The van der Waals surface area contributed by atoms with Gasteiger partial charge in [0, 0.05) is 37.7 Å². The molecule has 0 atom stereocenters.